The van der Waals surface area contributed by atoms with Gasteiger partial charge in [-0.15, -0.1) is 5.10 Å². The van der Waals surface area contributed by atoms with Gasteiger partial charge in [-0.3, -0.25) is 44.9 Å². The van der Waals surface area contributed by atoms with Gasteiger partial charge in [0, 0.05) is 156 Å². The molecule has 13 heterocycles. The zero-order valence-electron chi connectivity index (χ0n) is 38.1. The molecular weight excluding hydrogens is 921 g/mol. The first-order valence-electron chi connectivity index (χ1n) is 21.0. The topological polar surface area (TPSA) is 265 Å². The molecule has 5 aromatic rings. The molecule has 8 aliphatic heterocycles. The SMILES string of the molecule is C.C.C.C.C1=CCN=C1.C1=CCN=C1.C1=CN=CC1.C1=CN=CC1.C1=CN=CC1.C1=CN=NC1.C1=NN=CC1.C1=NN=NC1.c1ccncc1.c1ccncc1.c1cnccn1.c1cncnc1.c1ncon1. The summed E-state index contributed by atoms with van der Waals surface area (Å²) >= 11 is 0. The highest BCUT2D eigenvalue weighted by molar-refractivity contribution is 5.82. The van der Waals surface area contributed by atoms with E-state index in [0.717, 1.165) is 45.3 Å². The minimum atomic E-state index is 0. The maximum absolute atomic E-state index is 4.22. The lowest BCUT2D eigenvalue weighted by Crippen LogP contribution is -1.66. The third kappa shape index (κ3) is 64.7. The van der Waals surface area contributed by atoms with E-state index < -0.39 is 0 Å². The zero-order chi connectivity index (χ0) is 48.8. The number of azo groups is 1. The highest BCUT2D eigenvalue weighted by Crippen LogP contribution is 1.89. The summed E-state index contributed by atoms with van der Waals surface area (Å²) in [6.07, 6.45) is 62.4. The molecule has 0 unspecified atom stereocenters. The molecule has 386 valence electrons. The van der Waals surface area contributed by atoms with Gasteiger partial charge in [-0.25, -0.2) is 15.0 Å². The van der Waals surface area contributed by atoms with E-state index in [0.29, 0.717) is 6.54 Å². The number of aliphatic imine (C=N–C) groups is 5. The highest BCUT2D eigenvalue weighted by atomic mass is 16.5. The molecule has 0 aliphatic carbocycles. The van der Waals surface area contributed by atoms with E-state index in [2.05, 4.69) is 105 Å². The van der Waals surface area contributed by atoms with Gasteiger partial charge >= 0.3 is 0 Å². The van der Waals surface area contributed by atoms with Gasteiger partial charge in [0.1, 0.15) is 6.33 Å². The van der Waals surface area contributed by atoms with Crippen LogP contribution in [0, 0.1) is 0 Å². The molecule has 8 aliphatic rings. The van der Waals surface area contributed by atoms with Gasteiger partial charge in [0.15, 0.2) is 6.33 Å². The van der Waals surface area contributed by atoms with Crippen LogP contribution in [0.3, 0.4) is 0 Å². The van der Waals surface area contributed by atoms with Crippen LogP contribution in [0.25, 0.3) is 0 Å². The molecule has 21 heteroatoms. The maximum Gasteiger partial charge on any atom is 0.213 e. The third-order valence-corrected chi connectivity index (χ3v) is 6.30. The Bertz CT molecular complexity index is 1700. The molecular formula is C52H72N20O. The van der Waals surface area contributed by atoms with E-state index in [4.69, 9.17) is 0 Å². The van der Waals surface area contributed by atoms with E-state index in [1.165, 1.54) is 19.0 Å². The third-order valence-electron chi connectivity index (χ3n) is 6.30. The lowest BCUT2D eigenvalue weighted by atomic mass is 10.5. The Kier molecular flexibility index (Phi) is 64.3. The Morgan fingerprint density at radius 3 is 0.959 bits per heavy atom. The molecule has 0 amide bonds. The largest absolute Gasteiger partial charge is 0.343 e. The van der Waals surface area contributed by atoms with Crippen molar-refractivity contribution in [2.75, 3.05) is 26.2 Å². The Morgan fingerprint density at radius 2 is 0.836 bits per heavy atom. The summed E-state index contributed by atoms with van der Waals surface area (Å²) in [6, 6.07) is 13.2. The molecule has 0 saturated heterocycles. The van der Waals surface area contributed by atoms with Crippen molar-refractivity contribution >= 4 is 49.7 Å². The fourth-order valence-corrected chi connectivity index (χ4v) is 3.44. The first-order chi connectivity index (χ1) is 34.5. The monoisotopic (exact) mass is 993 g/mol. The number of hydrogen-bond acceptors (Lipinski definition) is 21. The predicted octanol–water partition coefficient (Wildman–Crippen LogP) is 11.8. The van der Waals surface area contributed by atoms with Gasteiger partial charge in [0.25, 0.3) is 0 Å². The molecule has 0 aromatic carbocycles. The Labute approximate surface area is 432 Å². The summed E-state index contributed by atoms with van der Waals surface area (Å²) in [7, 11) is 0. The molecule has 0 saturated carbocycles. The first-order valence-corrected chi connectivity index (χ1v) is 21.0. The second-order valence-electron chi connectivity index (χ2n) is 11.5. The number of pyridine rings is 2. The van der Waals surface area contributed by atoms with Crippen LogP contribution in [0.4, 0.5) is 0 Å². The number of hydrogen-bond donors (Lipinski definition) is 0. The van der Waals surface area contributed by atoms with Crippen LogP contribution in [-0.2, 0) is 0 Å². The van der Waals surface area contributed by atoms with Crippen molar-refractivity contribution in [2.24, 2.45) is 60.8 Å². The smallest absolute Gasteiger partial charge is 0.213 e. The summed E-state index contributed by atoms with van der Waals surface area (Å²) in [5.41, 5.74) is 0. The number of aromatic nitrogens is 8. The van der Waals surface area contributed by atoms with E-state index in [9.17, 15) is 0 Å². The predicted molar refractivity (Wildman–Crippen MR) is 304 cm³/mol. The molecule has 0 radical (unpaired) electrons. The van der Waals surface area contributed by atoms with Crippen molar-refractivity contribution in [3.63, 3.8) is 0 Å². The van der Waals surface area contributed by atoms with Crippen molar-refractivity contribution in [3.05, 3.63) is 197 Å². The van der Waals surface area contributed by atoms with Gasteiger partial charge in [-0.05, 0) is 53.8 Å². The van der Waals surface area contributed by atoms with E-state index >= 15 is 0 Å². The quantitative estimate of drug-likeness (QED) is 0.142. The van der Waals surface area contributed by atoms with Crippen LogP contribution in [0.1, 0.15) is 55.4 Å². The van der Waals surface area contributed by atoms with Gasteiger partial charge in [0.05, 0.1) is 32.4 Å². The Morgan fingerprint density at radius 1 is 0.342 bits per heavy atom. The van der Waals surface area contributed by atoms with E-state index in [1.54, 1.807) is 124 Å². The Balaban J connectivity index is -0.000000352. The fraction of sp³-hybridized carbons (Fsp3) is 0.231. The average molecular weight is 993 g/mol. The summed E-state index contributed by atoms with van der Waals surface area (Å²) in [5.74, 6) is 0. The van der Waals surface area contributed by atoms with Crippen molar-refractivity contribution in [2.45, 2.75) is 55.4 Å². The molecule has 0 spiro atoms. The van der Waals surface area contributed by atoms with E-state index in [1.807, 2.05) is 104 Å². The van der Waals surface area contributed by atoms with Crippen molar-refractivity contribution in [1.82, 2.24) is 40.0 Å². The van der Waals surface area contributed by atoms with Gasteiger partial charge < -0.3 is 4.52 Å². The molecule has 73 heavy (non-hydrogen) atoms. The van der Waals surface area contributed by atoms with Crippen molar-refractivity contribution in [1.29, 1.82) is 0 Å². The lowest BCUT2D eigenvalue weighted by Gasteiger charge is -1.70. The summed E-state index contributed by atoms with van der Waals surface area (Å²) in [6.45, 7) is 3.22. The van der Waals surface area contributed by atoms with E-state index in [-0.39, 0.29) is 29.7 Å². The molecule has 0 fully saturated rings. The molecule has 0 bridgehead atoms. The van der Waals surface area contributed by atoms with Gasteiger partial charge in [0.2, 0.25) is 6.39 Å². The summed E-state index contributed by atoms with van der Waals surface area (Å²) in [4.78, 5) is 44.8. The normalized spacial score (nSPS) is 12.8. The second-order valence-corrected chi connectivity index (χ2v) is 11.5. The molecule has 13 rings (SSSR count). The number of allylic oxidation sites excluding steroid dienone is 5. The van der Waals surface area contributed by atoms with Crippen LogP contribution in [0.5, 0.6) is 0 Å². The first kappa shape index (κ1) is 70.2. The van der Waals surface area contributed by atoms with Crippen LogP contribution in [-0.4, -0.2) is 116 Å². The molecule has 0 atom stereocenters. The van der Waals surface area contributed by atoms with Gasteiger partial charge in [-0.2, -0.15) is 25.5 Å². The average Bonchev–Trinajstić information content (AvgIpc) is 4.31. The molecule has 0 N–H and O–H groups in total. The summed E-state index contributed by atoms with van der Waals surface area (Å²) in [5, 5.41) is 27.6. The fourth-order valence-electron chi connectivity index (χ4n) is 3.44. The van der Waals surface area contributed by atoms with Crippen LogP contribution in [0.15, 0.2) is 262 Å². The number of rotatable bonds is 0. The Hall–Kier alpha value is -9.40. The van der Waals surface area contributed by atoms with Gasteiger partial charge in [-0.1, -0.05) is 77.4 Å². The van der Waals surface area contributed by atoms with Crippen molar-refractivity contribution in [3.8, 4) is 0 Å². The minimum Gasteiger partial charge on any atom is -0.343 e. The van der Waals surface area contributed by atoms with Crippen LogP contribution >= 0.6 is 0 Å². The molecule has 21 nitrogen and oxygen atoms in total. The molecule has 5 aromatic heterocycles. The van der Waals surface area contributed by atoms with Crippen molar-refractivity contribution < 1.29 is 4.52 Å². The summed E-state index contributed by atoms with van der Waals surface area (Å²) < 4.78 is 4.22. The zero-order valence-corrected chi connectivity index (χ0v) is 38.1. The minimum absolute atomic E-state index is 0. The standard InChI is InChI=1S/2C5H5N.2C4H4N2.5C4H5N.2C3H4N2.C2H3N3.C2H2N2O.4CH4/c2*1-2-4-6-5-3-1;1-2-6-4-3-5-1;1-2-5-4-6-3-1;8*1-2-4-5-3-1;1-3-2-5-4-1;;;;/h2*1-5H;2*1-4H;3*1,3-4H,2H2;2*1-3H,4H2;2-3H,1H2;1-2H,3H2;1H,2H2;1-2H;4*1H4. The van der Waals surface area contributed by atoms with Crippen LogP contribution < -0.4 is 0 Å². The maximum atomic E-state index is 4.22. The second kappa shape index (κ2) is 66.9. The van der Waals surface area contributed by atoms with Crippen LogP contribution in [0.2, 0.25) is 0 Å². The highest BCUT2D eigenvalue weighted by Gasteiger charge is 1.78. The number of nitrogens with zero attached hydrogens (tertiary/aromatic N) is 20. The lowest BCUT2D eigenvalue weighted by molar-refractivity contribution is 0.416.